The van der Waals surface area contributed by atoms with E-state index in [4.69, 9.17) is 0 Å². The average molecular weight is 337 g/mol. The summed E-state index contributed by atoms with van der Waals surface area (Å²) in [7, 11) is 1.99. The standard InChI is InChI=1S/C15H21BrN4/c1-4-8-17-13(12-7-5-6-9-18-12)10-14-15(16)11(2)19-20(14)3/h5-7,9,13,17H,4,8,10H2,1-3H3. The number of hydrogen-bond donors (Lipinski definition) is 1. The van der Waals surface area contributed by atoms with Crippen LogP contribution in [0.1, 0.15) is 36.5 Å². The molecular weight excluding hydrogens is 316 g/mol. The van der Waals surface area contributed by atoms with Crippen molar-refractivity contribution in [3.8, 4) is 0 Å². The van der Waals surface area contributed by atoms with Crippen LogP contribution in [0, 0.1) is 6.92 Å². The molecule has 5 heteroatoms. The summed E-state index contributed by atoms with van der Waals surface area (Å²) >= 11 is 3.64. The fraction of sp³-hybridized carbons (Fsp3) is 0.467. The van der Waals surface area contributed by atoms with Crippen LogP contribution in [0.4, 0.5) is 0 Å². The summed E-state index contributed by atoms with van der Waals surface area (Å²) in [5, 5.41) is 8.03. The van der Waals surface area contributed by atoms with Crippen molar-refractivity contribution < 1.29 is 0 Å². The molecule has 0 saturated heterocycles. The third-order valence-corrected chi connectivity index (χ3v) is 4.38. The summed E-state index contributed by atoms with van der Waals surface area (Å²) < 4.78 is 3.04. The van der Waals surface area contributed by atoms with E-state index < -0.39 is 0 Å². The van der Waals surface area contributed by atoms with Crippen LogP contribution < -0.4 is 5.32 Å². The first kappa shape index (κ1) is 15.2. The van der Waals surface area contributed by atoms with Gasteiger partial charge in [-0.2, -0.15) is 5.10 Å². The van der Waals surface area contributed by atoms with Crippen LogP contribution in [-0.4, -0.2) is 21.3 Å². The Labute approximate surface area is 128 Å². The SMILES string of the molecule is CCCNC(Cc1c(Br)c(C)nn1C)c1ccccn1. The number of hydrogen-bond acceptors (Lipinski definition) is 3. The molecule has 0 saturated carbocycles. The van der Waals surface area contributed by atoms with Crippen molar-refractivity contribution in [2.45, 2.75) is 32.7 Å². The second kappa shape index (κ2) is 6.99. The Kier molecular flexibility index (Phi) is 5.31. The highest BCUT2D eigenvalue weighted by Gasteiger charge is 2.18. The predicted molar refractivity (Wildman–Crippen MR) is 84.6 cm³/mol. The highest BCUT2D eigenvalue weighted by Crippen LogP contribution is 2.25. The lowest BCUT2D eigenvalue weighted by atomic mass is 10.1. The van der Waals surface area contributed by atoms with Gasteiger partial charge in [-0.25, -0.2) is 0 Å². The molecule has 2 rings (SSSR count). The molecule has 0 amide bonds. The number of pyridine rings is 1. The predicted octanol–water partition coefficient (Wildman–Crippen LogP) is 3.17. The molecule has 0 fully saturated rings. The van der Waals surface area contributed by atoms with E-state index in [-0.39, 0.29) is 6.04 Å². The van der Waals surface area contributed by atoms with Crippen molar-refractivity contribution in [3.63, 3.8) is 0 Å². The molecule has 0 bridgehead atoms. The molecule has 0 aliphatic heterocycles. The smallest absolute Gasteiger partial charge is 0.0738 e. The quantitative estimate of drug-likeness (QED) is 0.880. The lowest BCUT2D eigenvalue weighted by Crippen LogP contribution is -2.25. The van der Waals surface area contributed by atoms with Crippen molar-refractivity contribution >= 4 is 15.9 Å². The van der Waals surface area contributed by atoms with E-state index in [0.29, 0.717) is 0 Å². The third kappa shape index (κ3) is 3.46. The second-order valence-electron chi connectivity index (χ2n) is 4.94. The van der Waals surface area contributed by atoms with Crippen molar-refractivity contribution in [3.05, 3.63) is 46.0 Å². The van der Waals surface area contributed by atoms with Crippen LogP contribution in [-0.2, 0) is 13.5 Å². The molecule has 0 aliphatic carbocycles. The van der Waals surface area contributed by atoms with Gasteiger partial charge in [-0.05, 0) is 48.0 Å². The van der Waals surface area contributed by atoms with Gasteiger partial charge in [0.05, 0.1) is 27.6 Å². The van der Waals surface area contributed by atoms with Crippen molar-refractivity contribution in [1.82, 2.24) is 20.1 Å². The van der Waals surface area contributed by atoms with Gasteiger partial charge in [0, 0.05) is 19.7 Å². The average Bonchev–Trinajstić information content (AvgIpc) is 2.70. The van der Waals surface area contributed by atoms with Crippen LogP contribution in [0.25, 0.3) is 0 Å². The fourth-order valence-electron chi connectivity index (χ4n) is 2.28. The number of nitrogens with one attached hydrogen (secondary N) is 1. The van der Waals surface area contributed by atoms with E-state index in [0.717, 1.165) is 35.2 Å². The minimum absolute atomic E-state index is 0.210. The first-order chi connectivity index (χ1) is 9.63. The van der Waals surface area contributed by atoms with Gasteiger partial charge in [0.15, 0.2) is 0 Å². The van der Waals surface area contributed by atoms with Crippen molar-refractivity contribution in [2.75, 3.05) is 6.54 Å². The van der Waals surface area contributed by atoms with Crippen LogP contribution in [0.2, 0.25) is 0 Å². The topological polar surface area (TPSA) is 42.7 Å². The van der Waals surface area contributed by atoms with Gasteiger partial charge in [-0.1, -0.05) is 13.0 Å². The van der Waals surface area contributed by atoms with Gasteiger partial charge in [-0.3, -0.25) is 9.67 Å². The van der Waals surface area contributed by atoms with Crippen LogP contribution in [0.3, 0.4) is 0 Å². The number of aryl methyl sites for hydroxylation is 2. The molecule has 0 aliphatic rings. The maximum Gasteiger partial charge on any atom is 0.0738 e. The molecule has 0 aromatic carbocycles. The molecule has 2 aromatic rings. The van der Waals surface area contributed by atoms with Crippen LogP contribution in [0.15, 0.2) is 28.9 Å². The molecule has 1 N–H and O–H groups in total. The molecule has 1 atom stereocenters. The van der Waals surface area contributed by atoms with Crippen LogP contribution >= 0.6 is 15.9 Å². The zero-order valence-electron chi connectivity index (χ0n) is 12.2. The minimum atomic E-state index is 0.210. The van der Waals surface area contributed by atoms with E-state index in [2.05, 4.69) is 44.3 Å². The Morgan fingerprint density at radius 2 is 2.20 bits per heavy atom. The lowest BCUT2D eigenvalue weighted by molar-refractivity contribution is 0.501. The monoisotopic (exact) mass is 336 g/mol. The summed E-state index contributed by atoms with van der Waals surface area (Å²) in [6.07, 6.45) is 3.82. The van der Waals surface area contributed by atoms with Gasteiger partial charge in [-0.15, -0.1) is 0 Å². The summed E-state index contributed by atoms with van der Waals surface area (Å²) in [6, 6.07) is 6.27. The zero-order chi connectivity index (χ0) is 14.5. The van der Waals surface area contributed by atoms with E-state index in [1.54, 1.807) is 0 Å². The molecule has 2 aromatic heterocycles. The van der Waals surface area contributed by atoms with E-state index >= 15 is 0 Å². The number of nitrogens with zero attached hydrogens (tertiary/aromatic N) is 3. The Hall–Kier alpha value is -1.20. The van der Waals surface area contributed by atoms with Crippen molar-refractivity contribution in [2.24, 2.45) is 7.05 Å². The molecule has 1 unspecified atom stereocenters. The molecule has 20 heavy (non-hydrogen) atoms. The van der Waals surface area contributed by atoms with Gasteiger partial charge in [0.1, 0.15) is 0 Å². The fourth-order valence-corrected chi connectivity index (χ4v) is 2.77. The normalized spacial score (nSPS) is 12.6. The Morgan fingerprint density at radius 3 is 2.75 bits per heavy atom. The van der Waals surface area contributed by atoms with Crippen molar-refractivity contribution in [1.29, 1.82) is 0 Å². The number of aromatic nitrogens is 3. The van der Waals surface area contributed by atoms with Gasteiger partial charge in [0.25, 0.3) is 0 Å². The lowest BCUT2D eigenvalue weighted by Gasteiger charge is -2.18. The largest absolute Gasteiger partial charge is 0.308 e. The highest BCUT2D eigenvalue weighted by molar-refractivity contribution is 9.10. The maximum absolute atomic E-state index is 4.49. The van der Waals surface area contributed by atoms with Gasteiger partial charge >= 0.3 is 0 Å². The molecule has 0 radical (unpaired) electrons. The van der Waals surface area contributed by atoms with Gasteiger partial charge in [0.2, 0.25) is 0 Å². The zero-order valence-corrected chi connectivity index (χ0v) is 13.8. The van der Waals surface area contributed by atoms with E-state index in [1.165, 1.54) is 5.69 Å². The molecule has 0 spiro atoms. The summed E-state index contributed by atoms with van der Waals surface area (Å²) in [4.78, 5) is 4.49. The summed E-state index contributed by atoms with van der Waals surface area (Å²) in [6.45, 7) is 5.17. The first-order valence-electron chi connectivity index (χ1n) is 6.95. The number of halogens is 1. The summed E-state index contributed by atoms with van der Waals surface area (Å²) in [5.41, 5.74) is 3.30. The third-order valence-electron chi connectivity index (χ3n) is 3.34. The number of rotatable bonds is 6. The maximum atomic E-state index is 4.49. The molecule has 4 nitrogen and oxygen atoms in total. The molecular formula is C15H21BrN4. The van der Waals surface area contributed by atoms with E-state index in [1.807, 2.05) is 37.0 Å². The minimum Gasteiger partial charge on any atom is -0.308 e. The molecule has 108 valence electrons. The second-order valence-corrected chi connectivity index (χ2v) is 5.73. The van der Waals surface area contributed by atoms with Crippen LogP contribution in [0.5, 0.6) is 0 Å². The molecule has 2 heterocycles. The van der Waals surface area contributed by atoms with Gasteiger partial charge < -0.3 is 5.32 Å². The Balaban J connectivity index is 2.24. The highest BCUT2D eigenvalue weighted by atomic mass is 79.9. The Bertz CT molecular complexity index is 551. The first-order valence-corrected chi connectivity index (χ1v) is 7.75. The van der Waals surface area contributed by atoms with E-state index in [9.17, 15) is 0 Å². The Morgan fingerprint density at radius 1 is 1.40 bits per heavy atom. The summed E-state index contributed by atoms with van der Waals surface area (Å²) in [5.74, 6) is 0.